The molecule has 0 saturated heterocycles. The third-order valence-corrected chi connectivity index (χ3v) is 6.07. The summed E-state index contributed by atoms with van der Waals surface area (Å²) in [5.41, 5.74) is 4.04. The van der Waals surface area contributed by atoms with E-state index in [1.165, 1.54) is 10.9 Å². The molecular weight excluding hydrogens is 462 g/mol. The number of fused-ring (bicyclic) bond motifs is 2. The number of aromatic nitrogens is 6. The predicted molar refractivity (Wildman–Crippen MR) is 131 cm³/mol. The number of nitrogens with zero attached hydrogens (tertiary/aromatic N) is 5. The van der Waals surface area contributed by atoms with Gasteiger partial charge in [0.1, 0.15) is 11.2 Å². The number of ether oxygens (including phenoxy) is 2. The number of aromatic amines is 1. The van der Waals surface area contributed by atoms with Gasteiger partial charge < -0.3 is 14.8 Å². The van der Waals surface area contributed by atoms with Crippen LogP contribution in [-0.2, 0) is 0 Å². The van der Waals surface area contributed by atoms with E-state index in [4.69, 9.17) is 9.47 Å². The summed E-state index contributed by atoms with van der Waals surface area (Å²) >= 11 is 0. The van der Waals surface area contributed by atoms with E-state index < -0.39 is 0 Å². The molecule has 0 fully saturated rings. The van der Waals surface area contributed by atoms with Crippen LogP contribution in [-0.4, -0.2) is 42.2 Å². The van der Waals surface area contributed by atoms with Crippen LogP contribution < -0.4 is 20.3 Å². The van der Waals surface area contributed by atoms with E-state index in [1.54, 1.807) is 35.9 Å². The highest BCUT2D eigenvalue weighted by molar-refractivity contribution is 6.04. The van der Waals surface area contributed by atoms with Crippen LogP contribution in [0, 0.1) is 20.8 Å². The molecule has 1 amide bonds. The second-order valence-electron chi connectivity index (χ2n) is 8.56. The Morgan fingerprint density at radius 1 is 1.00 bits per heavy atom. The van der Waals surface area contributed by atoms with E-state index in [9.17, 15) is 9.59 Å². The van der Waals surface area contributed by atoms with Gasteiger partial charge in [0.05, 0.1) is 17.6 Å². The van der Waals surface area contributed by atoms with Crippen molar-refractivity contribution in [2.24, 2.45) is 0 Å². The van der Waals surface area contributed by atoms with E-state index in [1.807, 2.05) is 32.0 Å². The van der Waals surface area contributed by atoms with Crippen molar-refractivity contribution in [3.8, 4) is 23.1 Å². The van der Waals surface area contributed by atoms with Crippen molar-refractivity contribution < 1.29 is 14.3 Å². The molecule has 0 aliphatic carbocycles. The number of rotatable bonds is 4. The lowest BCUT2D eigenvalue weighted by atomic mass is 10.1. The van der Waals surface area contributed by atoms with Crippen LogP contribution >= 0.6 is 0 Å². The number of nitrogens with one attached hydrogen (secondary N) is 2. The number of anilines is 1. The SMILES string of the molecule is Cc1cc(NC(=O)c2ccc3c(c2)OCO3)n(-c2nc3c(cnn3-c3ccc(C)c(C)c3)c(=O)[nH]2)n1. The highest BCUT2D eigenvalue weighted by atomic mass is 16.7. The zero-order chi connectivity index (χ0) is 25.0. The third kappa shape index (κ3) is 3.57. The molecule has 5 aromatic rings. The summed E-state index contributed by atoms with van der Waals surface area (Å²) in [5, 5.41) is 12.0. The molecule has 0 radical (unpaired) electrons. The number of H-pyrrole nitrogens is 1. The first kappa shape index (κ1) is 21.6. The van der Waals surface area contributed by atoms with Crippen molar-refractivity contribution in [3.05, 3.63) is 81.4 Å². The predicted octanol–water partition coefficient (Wildman–Crippen LogP) is 3.20. The first-order valence-electron chi connectivity index (χ1n) is 11.2. The Hall–Kier alpha value is -4.93. The summed E-state index contributed by atoms with van der Waals surface area (Å²) in [6.45, 7) is 5.94. The maximum atomic E-state index is 13.0. The smallest absolute Gasteiger partial charge is 0.263 e. The van der Waals surface area contributed by atoms with Gasteiger partial charge in [0, 0.05) is 11.6 Å². The number of carbonyl (C=O) groups excluding carboxylic acids is 1. The maximum absolute atomic E-state index is 13.0. The summed E-state index contributed by atoms with van der Waals surface area (Å²) < 4.78 is 13.7. The van der Waals surface area contributed by atoms with E-state index in [0.717, 1.165) is 16.8 Å². The maximum Gasteiger partial charge on any atom is 0.263 e. The quantitative estimate of drug-likeness (QED) is 0.402. The standard InChI is InChI=1S/C25H21N7O4/c1-13-4-6-17(8-14(13)2)31-22-18(11-26-31)24(34)29-25(28-22)32-21(9-15(3)30-32)27-23(33)16-5-7-19-20(10-16)36-12-35-19/h4-11H,12H2,1-3H3,(H,27,33)(H,28,29,34). The fourth-order valence-corrected chi connectivity index (χ4v) is 4.03. The molecule has 3 aromatic heterocycles. The molecule has 0 unspecified atom stereocenters. The summed E-state index contributed by atoms with van der Waals surface area (Å²) in [6, 6.07) is 12.5. The number of amides is 1. The Balaban J connectivity index is 1.40. The Labute approximate surface area is 204 Å². The molecule has 0 bridgehead atoms. The van der Waals surface area contributed by atoms with Gasteiger partial charge in [-0.3, -0.25) is 14.6 Å². The van der Waals surface area contributed by atoms with Crippen molar-refractivity contribution >= 4 is 22.8 Å². The number of hydrogen-bond donors (Lipinski definition) is 2. The fraction of sp³-hybridized carbons (Fsp3) is 0.160. The molecule has 0 atom stereocenters. The second-order valence-corrected chi connectivity index (χ2v) is 8.56. The molecule has 1 aliphatic rings. The van der Waals surface area contributed by atoms with E-state index in [2.05, 4.69) is 25.5 Å². The highest BCUT2D eigenvalue weighted by Crippen LogP contribution is 2.32. The largest absolute Gasteiger partial charge is 0.454 e. The molecule has 1 aliphatic heterocycles. The van der Waals surface area contributed by atoms with Crippen molar-refractivity contribution in [1.29, 1.82) is 0 Å². The highest BCUT2D eigenvalue weighted by Gasteiger charge is 2.20. The van der Waals surface area contributed by atoms with E-state index >= 15 is 0 Å². The molecule has 2 aromatic carbocycles. The van der Waals surface area contributed by atoms with E-state index in [-0.39, 0.29) is 24.2 Å². The average molecular weight is 483 g/mol. The molecule has 180 valence electrons. The summed E-state index contributed by atoms with van der Waals surface area (Å²) in [5.74, 6) is 1.20. The van der Waals surface area contributed by atoms with Gasteiger partial charge >= 0.3 is 0 Å². The Bertz CT molecular complexity index is 1730. The molecule has 36 heavy (non-hydrogen) atoms. The number of benzene rings is 2. The van der Waals surface area contributed by atoms with Crippen molar-refractivity contribution in [2.45, 2.75) is 20.8 Å². The van der Waals surface area contributed by atoms with Crippen LogP contribution in [0.5, 0.6) is 11.5 Å². The van der Waals surface area contributed by atoms with Crippen LogP contribution in [0.25, 0.3) is 22.7 Å². The third-order valence-electron chi connectivity index (χ3n) is 6.07. The monoisotopic (exact) mass is 483 g/mol. The van der Waals surface area contributed by atoms with Crippen molar-refractivity contribution in [2.75, 3.05) is 12.1 Å². The average Bonchev–Trinajstić information content (AvgIpc) is 3.58. The number of hydrogen-bond acceptors (Lipinski definition) is 7. The fourth-order valence-electron chi connectivity index (χ4n) is 4.03. The zero-order valence-electron chi connectivity index (χ0n) is 19.7. The van der Waals surface area contributed by atoms with Gasteiger partial charge in [-0.15, -0.1) is 0 Å². The lowest BCUT2D eigenvalue weighted by Gasteiger charge is -2.10. The Morgan fingerprint density at radius 2 is 1.83 bits per heavy atom. The minimum atomic E-state index is -0.377. The minimum Gasteiger partial charge on any atom is -0.454 e. The molecule has 6 rings (SSSR count). The van der Waals surface area contributed by atoms with Crippen LogP contribution in [0.15, 0.2) is 53.5 Å². The minimum absolute atomic E-state index is 0.118. The molecule has 11 nitrogen and oxygen atoms in total. The summed E-state index contributed by atoms with van der Waals surface area (Å²) in [6.07, 6.45) is 1.48. The normalized spacial score (nSPS) is 12.3. The lowest BCUT2D eigenvalue weighted by molar-refractivity contribution is 0.102. The molecule has 2 N–H and O–H groups in total. The van der Waals surface area contributed by atoms with Gasteiger partial charge in [-0.2, -0.15) is 19.9 Å². The van der Waals surface area contributed by atoms with Crippen molar-refractivity contribution in [1.82, 2.24) is 29.5 Å². The van der Waals surface area contributed by atoms with Crippen molar-refractivity contribution in [3.63, 3.8) is 0 Å². The second kappa shape index (κ2) is 8.08. The summed E-state index contributed by atoms with van der Waals surface area (Å²) in [4.78, 5) is 33.3. The topological polar surface area (TPSA) is 129 Å². The van der Waals surface area contributed by atoms with Gasteiger partial charge in [0.15, 0.2) is 17.1 Å². The van der Waals surface area contributed by atoms with Gasteiger partial charge in [0.2, 0.25) is 12.7 Å². The molecule has 4 heterocycles. The van der Waals surface area contributed by atoms with Crippen LogP contribution in [0.2, 0.25) is 0 Å². The first-order chi connectivity index (χ1) is 17.4. The number of carbonyl (C=O) groups is 1. The Kier molecular flexibility index (Phi) is 4.85. The van der Waals surface area contributed by atoms with Gasteiger partial charge in [-0.25, -0.2) is 4.68 Å². The lowest BCUT2D eigenvalue weighted by Crippen LogP contribution is -2.19. The van der Waals surface area contributed by atoms with Gasteiger partial charge in [-0.05, 0) is 62.2 Å². The molecule has 11 heteroatoms. The number of aryl methyl sites for hydroxylation is 3. The van der Waals surface area contributed by atoms with Crippen LogP contribution in [0.1, 0.15) is 27.2 Å². The van der Waals surface area contributed by atoms with Crippen LogP contribution in [0.3, 0.4) is 0 Å². The zero-order valence-corrected chi connectivity index (χ0v) is 19.7. The van der Waals surface area contributed by atoms with Gasteiger partial charge in [-0.1, -0.05) is 6.07 Å². The Morgan fingerprint density at radius 3 is 2.67 bits per heavy atom. The van der Waals surface area contributed by atoms with Gasteiger partial charge in [0.25, 0.3) is 11.5 Å². The molecular formula is C25H21N7O4. The van der Waals surface area contributed by atoms with E-state index in [0.29, 0.717) is 39.6 Å². The molecule has 0 spiro atoms. The van der Waals surface area contributed by atoms with Crippen LogP contribution in [0.4, 0.5) is 5.82 Å². The summed E-state index contributed by atoms with van der Waals surface area (Å²) in [7, 11) is 0. The molecule has 0 saturated carbocycles. The first-order valence-corrected chi connectivity index (χ1v) is 11.2.